The van der Waals surface area contributed by atoms with E-state index in [0.717, 1.165) is 78.0 Å². The van der Waals surface area contributed by atoms with Crippen LogP contribution in [0.5, 0.6) is 0 Å². The number of methoxy groups -OCH3 is 1. The fraction of sp³-hybridized carbons (Fsp3) is 0.895. The second-order valence-electron chi connectivity index (χ2n) is 8.01. The van der Waals surface area contributed by atoms with Gasteiger partial charge in [-0.2, -0.15) is 0 Å². The van der Waals surface area contributed by atoms with Crippen LogP contribution in [-0.2, 0) is 14.3 Å². The predicted octanol–water partition coefficient (Wildman–Crippen LogP) is 0.110. The molecule has 0 aromatic rings. The molecule has 3 saturated heterocycles. The van der Waals surface area contributed by atoms with Gasteiger partial charge in [-0.05, 0) is 39.3 Å². The number of likely N-dealkylation sites (N-methyl/N-ethyl adjacent to an activating group) is 1. The highest BCUT2D eigenvalue weighted by Gasteiger charge is 2.34. The van der Waals surface area contributed by atoms with Crippen molar-refractivity contribution in [1.29, 1.82) is 0 Å². The fourth-order valence-electron chi connectivity index (χ4n) is 4.52. The second kappa shape index (κ2) is 9.15. The molecule has 1 atom stereocenters. The molecule has 3 heterocycles. The molecule has 148 valence electrons. The first kappa shape index (κ1) is 19.6. The summed E-state index contributed by atoms with van der Waals surface area (Å²) in [7, 11) is 3.68. The first-order valence-corrected chi connectivity index (χ1v) is 10.1. The molecule has 0 bridgehead atoms. The van der Waals surface area contributed by atoms with Gasteiger partial charge in [0.2, 0.25) is 11.8 Å². The van der Waals surface area contributed by atoms with Gasteiger partial charge in [0.25, 0.3) is 0 Å². The Balaban J connectivity index is 1.48. The summed E-state index contributed by atoms with van der Waals surface area (Å²) in [6.07, 6.45) is 4.13. The lowest BCUT2D eigenvalue weighted by atomic mass is 9.92. The van der Waals surface area contributed by atoms with Gasteiger partial charge in [-0.3, -0.25) is 14.5 Å². The van der Waals surface area contributed by atoms with Crippen LogP contribution in [0.25, 0.3) is 0 Å². The number of carbonyl (C=O) groups is 2. The normalized spacial score (nSPS) is 26.9. The zero-order chi connectivity index (χ0) is 18.5. The molecular weight excluding hydrogens is 332 g/mol. The first-order valence-electron chi connectivity index (χ1n) is 10.1. The smallest absolute Gasteiger partial charge is 0.248 e. The van der Waals surface area contributed by atoms with E-state index in [1.54, 1.807) is 7.11 Å². The molecule has 0 saturated carbocycles. The van der Waals surface area contributed by atoms with Crippen molar-refractivity contribution in [2.75, 3.05) is 73.1 Å². The van der Waals surface area contributed by atoms with E-state index in [1.807, 2.05) is 4.90 Å². The van der Waals surface area contributed by atoms with Crippen LogP contribution in [0.15, 0.2) is 0 Å². The van der Waals surface area contributed by atoms with Gasteiger partial charge in [0.15, 0.2) is 0 Å². The Hall–Kier alpha value is -1.18. The van der Waals surface area contributed by atoms with E-state index >= 15 is 0 Å². The lowest BCUT2D eigenvalue weighted by Gasteiger charge is -2.43. The van der Waals surface area contributed by atoms with Crippen LogP contribution in [0.3, 0.4) is 0 Å². The second-order valence-corrected chi connectivity index (χ2v) is 8.01. The monoisotopic (exact) mass is 366 g/mol. The Kier molecular flexibility index (Phi) is 6.89. The Morgan fingerprint density at radius 1 is 0.923 bits per heavy atom. The highest BCUT2D eigenvalue weighted by atomic mass is 16.5. The summed E-state index contributed by atoms with van der Waals surface area (Å²) in [4.78, 5) is 33.7. The van der Waals surface area contributed by atoms with Gasteiger partial charge in [-0.15, -0.1) is 0 Å². The van der Waals surface area contributed by atoms with Crippen molar-refractivity contribution in [1.82, 2.24) is 19.6 Å². The lowest BCUT2D eigenvalue weighted by Crippen LogP contribution is -2.54. The average Bonchev–Trinajstić information content (AvgIpc) is 2.68. The van der Waals surface area contributed by atoms with Gasteiger partial charge in [0.05, 0.1) is 5.92 Å². The molecule has 0 unspecified atom stereocenters. The highest BCUT2D eigenvalue weighted by Crippen LogP contribution is 2.25. The van der Waals surface area contributed by atoms with Gasteiger partial charge in [0, 0.05) is 59.0 Å². The van der Waals surface area contributed by atoms with Crippen molar-refractivity contribution >= 4 is 11.8 Å². The van der Waals surface area contributed by atoms with Crippen LogP contribution in [0, 0.1) is 5.92 Å². The molecule has 3 aliphatic rings. The van der Waals surface area contributed by atoms with Crippen molar-refractivity contribution in [2.45, 2.75) is 31.7 Å². The number of piperidine rings is 2. The molecule has 0 radical (unpaired) electrons. The minimum absolute atomic E-state index is 0.0905. The van der Waals surface area contributed by atoms with E-state index in [-0.39, 0.29) is 18.4 Å². The third-order valence-electron chi connectivity index (χ3n) is 6.22. The molecule has 7 heteroatoms. The van der Waals surface area contributed by atoms with Crippen molar-refractivity contribution in [3.63, 3.8) is 0 Å². The maximum Gasteiger partial charge on any atom is 0.248 e. The van der Waals surface area contributed by atoms with Crippen molar-refractivity contribution in [3.05, 3.63) is 0 Å². The van der Waals surface area contributed by atoms with E-state index < -0.39 is 0 Å². The topological polar surface area (TPSA) is 56.3 Å². The number of likely N-dealkylation sites (tertiary alicyclic amines) is 2. The number of hydrogen-bond acceptors (Lipinski definition) is 5. The Morgan fingerprint density at radius 2 is 1.62 bits per heavy atom. The van der Waals surface area contributed by atoms with Crippen molar-refractivity contribution in [3.8, 4) is 0 Å². The fourth-order valence-corrected chi connectivity index (χ4v) is 4.52. The minimum atomic E-state index is 0.0905. The predicted molar refractivity (Wildman–Crippen MR) is 99.9 cm³/mol. The standard InChI is InChI=1S/C19H34N4O3/c1-20-10-12-22(13-11-20)19(25)16-4-3-7-23(14-16)17-5-8-21(9-6-17)18(24)15-26-2/h16-17H,3-15H2,1-2H3/t16-/m0/s1. The summed E-state index contributed by atoms with van der Waals surface area (Å²) in [5, 5.41) is 0. The molecule has 0 spiro atoms. The number of piperazine rings is 1. The minimum Gasteiger partial charge on any atom is -0.375 e. The van der Waals surface area contributed by atoms with Gasteiger partial charge in [-0.1, -0.05) is 0 Å². The van der Waals surface area contributed by atoms with E-state index in [2.05, 4.69) is 21.7 Å². The van der Waals surface area contributed by atoms with Gasteiger partial charge in [0.1, 0.15) is 6.61 Å². The summed E-state index contributed by atoms with van der Waals surface area (Å²) < 4.78 is 4.96. The van der Waals surface area contributed by atoms with E-state index in [1.165, 1.54) is 0 Å². The molecular formula is C19H34N4O3. The van der Waals surface area contributed by atoms with Gasteiger partial charge < -0.3 is 19.4 Å². The van der Waals surface area contributed by atoms with Gasteiger partial charge >= 0.3 is 0 Å². The third-order valence-corrected chi connectivity index (χ3v) is 6.22. The van der Waals surface area contributed by atoms with Crippen LogP contribution >= 0.6 is 0 Å². The Bertz CT molecular complexity index is 485. The van der Waals surface area contributed by atoms with E-state index in [4.69, 9.17) is 4.74 Å². The quantitative estimate of drug-likeness (QED) is 0.707. The number of carbonyl (C=O) groups excluding carboxylic acids is 2. The molecule has 2 amide bonds. The largest absolute Gasteiger partial charge is 0.375 e. The third kappa shape index (κ3) is 4.75. The van der Waals surface area contributed by atoms with Crippen LogP contribution in [0.1, 0.15) is 25.7 Å². The molecule has 3 aliphatic heterocycles. The number of rotatable bonds is 4. The SMILES string of the molecule is COCC(=O)N1CCC(N2CCC[C@H](C(=O)N3CCN(C)CC3)C2)CC1. The summed E-state index contributed by atoms with van der Waals surface area (Å²) in [5.41, 5.74) is 0. The molecule has 0 aromatic heterocycles. The zero-order valence-corrected chi connectivity index (χ0v) is 16.4. The maximum absolute atomic E-state index is 12.9. The van der Waals surface area contributed by atoms with Crippen molar-refractivity contribution < 1.29 is 14.3 Å². The van der Waals surface area contributed by atoms with E-state index in [9.17, 15) is 9.59 Å². The molecule has 0 aliphatic carbocycles. The molecule has 0 N–H and O–H groups in total. The molecule has 3 rings (SSSR count). The summed E-state index contributed by atoms with van der Waals surface area (Å²) in [5.74, 6) is 0.600. The number of nitrogens with zero attached hydrogens (tertiary/aromatic N) is 4. The van der Waals surface area contributed by atoms with Crippen LogP contribution < -0.4 is 0 Å². The average molecular weight is 367 g/mol. The maximum atomic E-state index is 12.9. The molecule has 7 nitrogen and oxygen atoms in total. The number of amides is 2. The molecule has 26 heavy (non-hydrogen) atoms. The van der Waals surface area contributed by atoms with Crippen LogP contribution in [0.2, 0.25) is 0 Å². The van der Waals surface area contributed by atoms with Gasteiger partial charge in [-0.25, -0.2) is 0 Å². The Morgan fingerprint density at radius 3 is 2.27 bits per heavy atom. The summed E-state index contributed by atoms with van der Waals surface area (Å²) in [6, 6.07) is 0.504. The zero-order valence-electron chi connectivity index (χ0n) is 16.4. The summed E-state index contributed by atoms with van der Waals surface area (Å²) >= 11 is 0. The lowest BCUT2D eigenvalue weighted by molar-refractivity contribution is -0.139. The summed E-state index contributed by atoms with van der Waals surface area (Å²) in [6.45, 7) is 7.46. The highest BCUT2D eigenvalue weighted by molar-refractivity contribution is 5.79. The Labute approximate surface area is 157 Å². The van der Waals surface area contributed by atoms with Crippen molar-refractivity contribution in [2.24, 2.45) is 5.92 Å². The van der Waals surface area contributed by atoms with Crippen LogP contribution in [0.4, 0.5) is 0 Å². The number of ether oxygens (including phenoxy) is 1. The first-order chi connectivity index (χ1) is 12.6. The molecule has 3 fully saturated rings. The van der Waals surface area contributed by atoms with Crippen LogP contribution in [-0.4, -0.2) is 111 Å². The molecule has 0 aromatic carbocycles. The van der Waals surface area contributed by atoms with E-state index in [0.29, 0.717) is 11.9 Å². The number of hydrogen-bond donors (Lipinski definition) is 0.